The van der Waals surface area contributed by atoms with Crippen LogP contribution < -0.4 is 4.74 Å². The van der Waals surface area contributed by atoms with Gasteiger partial charge in [0, 0.05) is 22.7 Å². The highest BCUT2D eigenvalue weighted by atomic mass is 35.5. The molecule has 0 radical (unpaired) electrons. The Hall–Kier alpha value is -1.46. The average Bonchev–Trinajstić information content (AvgIpc) is 2.77. The molecule has 0 atom stereocenters. The summed E-state index contributed by atoms with van der Waals surface area (Å²) in [5.41, 5.74) is 0.801. The van der Waals surface area contributed by atoms with E-state index in [9.17, 15) is 4.79 Å². The van der Waals surface area contributed by atoms with E-state index < -0.39 is 0 Å². The van der Waals surface area contributed by atoms with Crippen molar-refractivity contribution < 1.29 is 9.53 Å². The first-order valence-electron chi connectivity index (χ1n) is 8.06. The van der Waals surface area contributed by atoms with Gasteiger partial charge in [-0.3, -0.25) is 14.7 Å². The normalized spacial score (nSPS) is 18.5. The van der Waals surface area contributed by atoms with Crippen molar-refractivity contribution in [1.82, 2.24) is 4.90 Å². The highest BCUT2D eigenvalue weighted by molar-refractivity contribution is 8.18. The van der Waals surface area contributed by atoms with Crippen molar-refractivity contribution in [3.63, 3.8) is 0 Å². The molecule has 1 aliphatic heterocycles. The van der Waals surface area contributed by atoms with Gasteiger partial charge in [-0.1, -0.05) is 11.6 Å². The van der Waals surface area contributed by atoms with Crippen molar-refractivity contribution >= 4 is 40.5 Å². The maximum Gasteiger partial charge on any atom is 0.266 e. The number of aliphatic imine (C=N–C) groups is 1. The predicted octanol–water partition coefficient (Wildman–Crippen LogP) is 4.83. The summed E-state index contributed by atoms with van der Waals surface area (Å²) in [6.07, 6.45) is 1.84. The minimum absolute atomic E-state index is 0.0307. The molecule has 4 nitrogen and oxygen atoms in total. The van der Waals surface area contributed by atoms with Crippen LogP contribution in [-0.4, -0.2) is 34.7 Å². The number of carbonyl (C=O) groups excluding carboxylic acids is 1. The lowest BCUT2D eigenvalue weighted by atomic mass is 10.1. The molecule has 0 N–H and O–H groups in total. The molecule has 1 aromatic carbocycles. The number of rotatable bonds is 5. The number of hydrogen-bond acceptors (Lipinski definition) is 4. The lowest BCUT2D eigenvalue weighted by molar-refractivity contribution is -0.123. The number of benzene rings is 1. The Bertz CT molecular complexity index is 684. The summed E-state index contributed by atoms with van der Waals surface area (Å²) in [7, 11) is 0. The molecule has 0 unspecified atom stereocenters. The Labute approximate surface area is 152 Å². The van der Waals surface area contributed by atoms with Crippen LogP contribution in [0.15, 0.2) is 28.1 Å². The Morgan fingerprint density at radius 2 is 2.04 bits per heavy atom. The Kier molecular flexibility index (Phi) is 6.35. The van der Waals surface area contributed by atoms with Gasteiger partial charge < -0.3 is 4.74 Å². The van der Waals surface area contributed by atoms with Crippen LogP contribution in [0.2, 0.25) is 5.02 Å². The number of halogens is 1. The third-order valence-corrected chi connectivity index (χ3v) is 4.51. The van der Waals surface area contributed by atoms with Gasteiger partial charge in [0.15, 0.2) is 5.17 Å². The van der Waals surface area contributed by atoms with Crippen molar-refractivity contribution in [3.8, 4) is 5.75 Å². The van der Waals surface area contributed by atoms with E-state index in [1.165, 1.54) is 11.8 Å². The second-order valence-corrected chi connectivity index (χ2v) is 7.45. The molecular formula is C18H23ClN2O2S. The van der Waals surface area contributed by atoms with Gasteiger partial charge in [0.2, 0.25) is 0 Å². The van der Waals surface area contributed by atoms with Crippen molar-refractivity contribution in [2.24, 2.45) is 4.99 Å². The van der Waals surface area contributed by atoms with Gasteiger partial charge in [-0.25, -0.2) is 0 Å². The van der Waals surface area contributed by atoms with E-state index in [1.54, 1.807) is 11.0 Å². The molecule has 1 aromatic rings. The molecule has 2 rings (SSSR count). The zero-order valence-corrected chi connectivity index (χ0v) is 16.2. The van der Waals surface area contributed by atoms with Crippen molar-refractivity contribution in [2.45, 2.75) is 46.7 Å². The van der Waals surface area contributed by atoms with Crippen LogP contribution in [0.5, 0.6) is 5.75 Å². The van der Waals surface area contributed by atoms with Gasteiger partial charge in [-0.2, -0.15) is 0 Å². The van der Waals surface area contributed by atoms with E-state index in [-0.39, 0.29) is 18.0 Å². The monoisotopic (exact) mass is 366 g/mol. The van der Waals surface area contributed by atoms with Gasteiger partial charge in [0.05, 0.1) is 11.5 Å². The first-order chi connectivity index (χ1) is 11.3. The summed E-state index contributed by atoms with van der Waals surface area (Å²) >= 11 is 7.50. The summed E-state index contributed by atoms with van der Waals surface area (Å²) in [5, 5.41) is 1.36. The third kappa shape index (κ3) is 4.33. The second-order valence-electron chi connectivity index (χ2n) is 6.00. The van der Waals surface area contributed by atoms with Gasteiger partial charge in [-0.05, 0) is 70.7 Å². The maximum atomic E-state index is 12.8. The highest BCUT2D eigenvalue weighted by Gasteiger charge is 2.35. The number of ether oxygens (including phenoxy) is 1. The first kappa shape index (κ1) is 18.9. The topological polar surface area (TPSA) is 41.9 Å². The number of carbonyl (C=O) groups is 1. The van der Waals surface area contributed by atoms with Crippen LogP contribution in [0, 0.1) is 0 Å². The molecule has 1 heterocycles. The quantitative estimate of drug-likeness (QED) is 0.701. The minimum atomic E-state index is -0.0307. The van der Waals surface area contributed by atoms with Crippen molar-refractivity contribution in [2.75, 3.05) is 6.61 Å². The summed E-state index contributed by atoms with van der Waals surface area (Å²) in [4.78, 5) is 19.7. The number of thioether (sulfide) groups is 1. The van der Waals surface area contributed by atoms with Crippen LogP contribution in [0.3, 0.4) is 0 Å². The molecule has 0 aliphatic carbocycles. The highest BCUT2D eigenvalue weighted by Crippen LogP contribution is 2.36. The van der Waals surface area contributed by atoms with Crippen LogP contribution in [0.4, 0.5) is 0 Å². The van der Waals surface area contributed by atoms with E-state index in [0.29, 0.717) is 22.3 Å². The SMILES string of the molecule is CCOc1ccc(Cl)cc1/C=C1\SC(=NC(C)C)N(C(C)C)C1=O. The summed E-state index contributed by atoms with van der Waals surface area (Å²) < 4.78 is 5.64. The van der Waals surface area contributed by atoms with Crippen LogP contribution >= 0.6 is 23.4 Å². The zero-order chi connectivity index (χ0) is 17.9. The van der Waals surface area contributed by atoms with Gasteiger partial charge in [-0.15, -0.1) is 0 Å². The van der Waals surface area contributed by atoms with E-state index in [4.69, 9.17) is 16.3 Å². The molecule has 1 saturated heterocycles. The Balaban J connectivity index is 2.44. The van der Waals surface area contributed by atoms with Gasteiger partial charge in [0.25, 0.3) is 5.91 Å². The molecule has 0 aromatic heterocycles. The first-order valence-corrected chi connectivity index (χ1v) is 9.26. The number of nitrogens with zero attached hydrogens (tertiary/aromatic N) is 2. The summed E-state index contributed by atoms with van der Waals surface area (Å²) in [5.74, 6) is 0.685. The fourth-order valence-electron chi connectivity index (χ4n) is 2.31. The fourth-order valence-corrected chi connectivity index (χ4v) is 3.72. The molecule has 1 fully saturated rings. The van der Waals surface area contributed by atoms with Crippen molar-refractivity contribution in [3.05, 3.63) is 33.7 Å². The molecule has 0 saturated carbocycles. The van der Waals surface area contributed by atoms with E-state index in [2.05, 4.69) is 4.99 Å². The minimum Gasteiger partial charge on any atom is -0.493 e. The van der Waals surface area contributed by atoms with Crippen LogP contribution in [0.25, 0.3) is 6.08 Å². The third-order valence-electron chi connectivity index (χ3n) is 3.28. The maximum absolute atomic E-state index is 12.8. The van der Waals surface area contributed by atoms with Crippen LogP contribution in [-0.2, 0) is 4.79 Å². The van der Waals surface area contributed by atoms with E-state index in [1.807, 2.05) is 52.8 Å². The van der Waals surface area contributed by atoms with E-state index >= 15 is 0 Å². The Morgan fingerprint density at radius 3 is 2.62 bits per heavy atom. The summed E-state index contributed by atoms with van der Waals surface area (Å²) in [6, 6.07) is 5.60. The number of hydrogen-bond donors (Lipinski definition) is 0. The zero-order valence-electron chi connectivity index (χ0n) is 14.7. The Morgan fingerprint density at radius 1 is 1.33 bits per heavy atom. The second kappa shape index (κ2) is 8.08. The van der Waals surface area contributed by atoms with Gasteiger partial charge >= 0.3 is 0 Å². The van der Waals surface area contributed by atoms with Crippen molar-refractivity contribution in [1.29, 1.82) is 0 Å². The summed E-state index contributed by atoms with van der Waals surface area (Å²) in [6.45, 7) is 10.5. The molecule has 0 spiro atoms. The average molecular weight is 367 g/mol. The molecule has 0 bridgehead atoms. The molecular weight excluding hydrogens is 344 g/mol. The molecule has 1 amide bonds. The lowest BCUT2D eigenvalue weighted by Crippen LogP contribution is -2.35. The predicted molar refractivity (Wildman–Crippen MR) is 103 cm³/mol. The molecule has 130 valence electrons. The standard InChI is InChI=1S/C18H23ClN2O2S/c1-6-23-15-8-7-14(19)9-13(15)10-16-17(22)21(12(4)5)18(24-16)20-11(2)3/h7-12H,6H2,1-5H3/b16-10-,20-18?. The fraction of sp³-hybridized carbons (Fsp3) is 0.444. The van der Waals surface area contributed by atoms with Crippen LogP contribution in [0.1, 0.15) is 40.2 Å². The van der Waals surface area contributed by atoms with Gasteiger partial charge in [0.1, 0.15) is 5.75 Å². The molecule has 1 aliphatic rings. The lowest BCUT2D eigenvalue weighted by Gasteiger charge is -2.20. The number of amidine groups is 1. The smallest absolute Gasteiger partial charge is 0.266 e. The molecule has 24 heavy (non-hydrogen) atoms. The number of amides is 1. The largest absolute Gasteiger partial charge is 0.493 e. The molecule has 6 heteroatoms. The van der Waals surface area contributed by atoms with E-state index in [0.717, 1.165) is 10.7 Å².